The lowest BCUT2D eigenvalue weighted by Crippen LogP contribution is -2.42. The van der Waals surface area contributed by atoms with Crippen LogP contribution in [-0.4, -0.2) is 52.2 Å². The molecule has 6 nitrogen and oxygen atoms in total. The first kappa shape index (κ1) is 22.6. The molecule has 0 spiro atoms. The number of likely N-dealkylation sites (tertiary alicyclic amines) is 1. The fourth-order valence-corrected chi connectivity index (χ4v) is 4.96. The Hall–Kier alpha value is -2.64. The molecule has 1 fully saturated rings. The maximum Gasteiger partial charge on any atom is 0.227 e. The quantitative estimate of drug-likeness (QED) is 0.493. The number of ether oxygens (including phenoxy) is 1. The third kappa shape index (κ3) is 6.43. The number of carbonyl (C=O) groups is 1. The van der Waals surface area contributed by atoms with Gasteiger partial charge in [0.25, 0.3) is 0 Å². The normalized spacial score (nSPS) is 16.5. The predicted octanol–water partition coefficient (Wildman–Crippen LogP) is 3.97. The number of aryl methyl sites for hydroxylation is 1. The van der Waals surface area contributed by atoms with E-state index in [-0.39, 0.29) is 5.91 Å². The summed E-state index contributed by atoms with van der Waals surface area (Å²) >= 11 is 1.64. The first-order chi connectivity index (χ1) is 15.5. The summed E-state index contributed by atoms with van der Waals surface area (Å²) in [4.78, 5) is 16.9. The van der Waals surface area contributed by atoms with E-state index in [1.54, 1.807) is 11.3 Å². The van der Waals surface area contributed by atoms with Gasteiger partial charge in [-0.05, 0) is 60.0 Å². The summed E-state index contributed by atoms with van der Waals surface area (Å²) in [5, 5.41) is 8.33. The van der Waals surface area contributed by atoms with Crippen molar-refractivity contribution < 1.29 is 9.53 Å². The Kier molecular flexibility index (Phi) is 7.60. The van der Waals surface area contributed by atoms with Crippen molar-refractivity contribution in [3.63, 3.8) is 0 Å². The molecule has 0 N–H and O–H groups in total. The van der Waals surface area contributed by atoms with Crippen LogP contribution in [-0.2, 0) is 31.4 Å². The van der Waals surface area contributed by atoms with Gasteiger partial charge < -0.3 is 9.64 Å². The summed E-state index contributed by atoms with van der Waals surface area (Å²) in [5.41, 5.74) is 3.55. The number of piperidine rings is 1. The van der Waals surface area contributed by atoms with Crippen LogP contribution in [0.5, 0.6) is 5.75 Å². The molecule has 1 saturated heterocycles. The number of hydrogen-bond donors (Lipinski definition) is 0. The highest BCUT2D eigenvalue weighted by atomic mass is 32.1. The minimum Gasteiger partial charge on any atom is -0.493 e. The van der Waals surface area contributed by atoms with Crippen molar-refractivity contribution in [2.75, 3.05) is 26.7 Å². The molecule has 3 aromatic rings. The summed E-state index contributed by atoms with van der Waals surface area (Å²) < 4.78 is 7.99. The highest BCUT2D eigenvalue weighted by Gasteiger charge is 2.24. The van der Waals surface area contributed by atoms with Crippen LogP contribution >= 0.6 is 11.3 Å². The number of amides is 1. The second-order valence-electron chi connectivity index (χ2n) is 8.81. The van der Waals surface area contributed by atoms with Crippen molar-refractivity contribution in [3.8, 4) is 5.75 Å². The smallest absolute Gasteiger partial charge is 0.227 e. The Bertz CT molecular complexity index is 1000. The van der Waals surface area contributed by atoms with Crippen molar-refractivity contribution >= 4 is 17.2 Å². The van der Waals surface area contributed by atoms with Crippen molar-refractivity contribution in [1.82, 2.24) is 19.6 Å². The predicted molar refractivity (Wildman–Crippen MR) is 128 cm³/mol. The minimum atomic E-state index is 0.228. The van der Waals surface area contributed by atoms with Gasteiger partial charge in [0.05, 0.1) is 19.2 Å². The van der Waals surface area contributed by atoms with Gasteiger partial charge in [-0.1, -0.05) is 12.1 Å². The maximum atomic E-state index is 12.6. The molecular formula is C25H32N4O2S. The lowest BCUT2D eigenvalue weighted by molar-refractivity contribution is -0.132. The standard InChI is InChI=1S/C25H32N4O2S/c1-27(15-23-13-26-28(2)16-23)14-20-5-3-7-24(11-20)31-18-22-6-4-9-29(17-22)25(30)12-21-8-10-32-19-21/h3,5,7-8,10-11,13,16,19,22H,4,6,9,12,14-15,17-18H2,1-2H3/t22-/m1/s1. The number of carbonyl (C=O) groups excluding carboxylic acids is 1. The van der Waals surface area contributed by atoms with Gasteiger partial charge in [-0.25, -0.2) is 0 Å². The van der Waals surface area contributed by atoms with Gasteiger partial charge in [0.1, 0.15) is 5.75 Å². The fourth-order valence-electron chi connectivity index (χ4n) is 4.29. The molecule has 7 heteroatoms. The molecule has 1 amide bonds. The van der Waals surface area contributed by atoms with Crippen LogP contribution in [0.15, 0.2) is 53.5 Å². The first-order valence-electron chi connectivity index (χ1n) is 11.2. The van der Waals surface area contributed by atoms with Gasteiger partial charge in [-0.2, -0.15) is 16.4 Å². The van der Waals surface area contributed by atoms with Gasteiger partial charge in [0, 0.05) is 50.9 Å². The number of nitrogens with zero attached hydrogens (tertiary/aromatic N) is 4. The lowest BCUT2D eigenvalue weighted by Gasteiger charge is -2.32. The largest absolute Gasteiger partial charge is 0.493 e. The average Bonchev–Trinajstić information content (AvgIpc) is 3.44. The van der Waals surface area contributed by atoms with E-state index in [1.807, 2.05) is 40.3 Å². The Labute approximate surface area is 194 Å². The van der Waals surface area contributed by atoms with Gasteiger partial charge in [0.15, 0.2) is 0 Å². The topological polar surface area (TPSA) is 50.6 Å². The van der Waals surface area contributed by atoms with Gasteiger partial charge >= 0.3 is 0 Å². The van der Waals surface area contributed by atoms with Gasteiger partial charge in [-0.3, -0.25) is 14.4 Å². The molecule has 1 aliphatic heterocycles. The number of rotatable bonds is 9. The van der Waals surface area contributed by atoms with Gasteiger partial charge in [0.2, 0.25) is 5.91 Å². The minimum absolute atomic E-state index is 0.228. The van der Waals surface area contributed by atoms with Crippen LogP contribution in [0.2, 0.25) is 0 Å². The first-order valence-corrected chi connectivity index (χ1v) is 12.2. The molecule has 4 rings (SSSR count). The number of benzene rings is 1. The summed E-state index contributed by atoms with van der Waals surface area (Å²) in [6.45, 7) is 4.00. The average molecular weight is 453 g/mol. The Balaban J connectivity index is 1.25. The second kappa shape index (κ2) is 10.8. The third-order valence-electron chi connectivity index (χ3n) is 5.85. The number of aromatic nitrogens is 2. The molecule has 32 heavy (non-hydrogen) atoms. The zero-order valence-electron chi connectivity index (χ0n) is 18.9. The van der Waals surface area contributed by atoms with Crippen molar-refractivity contribution in [2.24, 2.45) is 13.0 Å². The summed E-state index contributed by atoms with van der Waals surface area (Å²) in [6, 6.07) is 10.4. The molecule has 0 bridgehead atoms. The summed E-state index contributed by atoms with van der Waals surface area (Å²) in [5.74, 6) is 1.51. The lowest BCUT2D eigenvalue weighted by atomic mass is 9.98. The summed E-state index contributed by atoms with van der Waals surface area (Å²) in [7, 11) is 4.06. The van der Waals surface area contributed by atoms with E-state index < -0.39 is 0 Å². The molecule has 0 aliphatic carbocycles. The van der Waals surface area contributed by atoms with Crippen LogP contribution in [0, 0.1) is 5.92 Å². The fraction of sp³-hybridized carbons (Fsp3) is 0.440. The van der Waals surface area contributed by atoms with E-state index >= 15 is 0 Å². The molecular weight excluding hydrogens is 420 g/mol. The van der Waals surface area contributed by atoms with Crippen LogP contribution < -0.4 is 4.74 Å². The van der Waals surface area contributed by atoms with Crippen molar-refractivity contribution in [2.45, 2.75) is 32.4 Å². The van der Waals surface area contributed by atoms with Crippen LogP contribution in [0.4, 0.5) is 0 Å². The van der Waals surface area contributed by atoms with Crippen LogP contribution in [0.25, 0.3) is 0 Å². The Morgan fingerprint density at radius 1 is 1.25 bits per heavy atom. The Morgan fingerprint density at radius 3 is 2.91 bits per heavy atom. The molecule has 0 unspecified atom stereocenters. The van der Waals surface area contributed by atoms with Gasteiger partial charge in [-0.15, -0.1) is 0 Å². The van der Waals surface area contributed by atoms with E-state index in [0.29, 0.717) is 18.9 Å². The monoisotopic (exact) mass is 452 g/mol. The van der Waals surface area contributed by atoms with Crippen molar-refractivity contribution in [3.05, 3.63) is 70.2 Å². The highest BCUT2D eigenvalue weighted by Crippen LogP contribution is 2.21. The molecule has 0 radical (unpaired) electrons. The molecule has 0 saturated carbocycles. The van der Waals surface area contributed by atoms with E-state index in [2.05, 4.69) is 46.8 Å². The number of thiophene rings is 1. The SMILES string of the molecule is CN(Cc1cccc(OC[C@@H]2CCCN(C(=O)Cc3ccsc3)C2)c1)Cc1cnn(C)c1. The van der Waals surface area contributed by atoms with Crippen molar-refractivity contribution in [1.29, 1.82) is 0 Å². The highest BCUT2D eigenvalue weighted by molar-refractivity contribution is 7.08. The number of hydrogen-bond acceptors (Lipinski definition) is 5. The second-order valence-corrected chi connectivity index (χ2v) is 9.59. The van der Waals surface area contributed by atoms with E-state index in [9.17, 15) is 4.79 Å². The van der Waals surface area contributed by atoms with E-state index in [1.165, 1.54) is 11.1 Å². The molecule has 2 aromatic heterocycles. The maximum absolute atomic E-state index is 12.6. The molecule has 1 atom stereocenters. The van der Waals surface area contributed by atoms with Crippen LogP contribution in [0.1, 0.15) is 29.5 Å². The molecule has 1 aliphatic rings. The zero-order chi connectivity index (χ0) is 22.3. The summed E-state index contributed by atoms with van der Waals surface area (Å²) in [6.07, 6.45) is 6.62. The third-order valence-corrected chi connectivity index (χ3v) is 6.59. The van der Waals surface area contributed by atoms with E-state index in [0.717, 1.165) is 50.3 Å². The Morgan fingerprint density at radius 2 is 2.12 bits per heavy atom. The molecule has 3 heterocycles. The zero-order valence-corrected chi connectivity index (χ0v) is 19.8. The van der Waals surface area contributed by atoms with Crippen LogP contribution in [0.3, 0.4) is 0 Å². The molecule has 1 aromatic carbocycles. The molecule has 170 valence electrons. The van der Waals surface area contributed by atoms with E-state index in [4.69, 9.17) is 4.74 Å².